The first-order valence-electron chi connectivity index (χ1n) is 4.78. The molecule has 1 amide bonds. The number of carbonyl (C=O) groups excluding carboxylic acids is 1. The highest BCUT2D eigenvalue weighted by Gasteiger charge is 2.42. The van der Waals surface area contributed by atoms with E-state index in [2.05, 4.69) is 4.74 Å². The molecule has 6 heteroatoms. The summed E-state index contributed by atoms with van der Waals surface area (Å²) in [6, 6.07) is 0. The molecule has 1 aliphatic rings. The van der Waals surface area contributed by atoms with E-state index in [9.17, 15) is 18.0 Å². The zero-order valence-electron chi connectivity index (χ0n) is 8.51. The average molecular weight is 225 g/mol. The predicted molar refractivity (Wildman–Crippen MR) is 47.2 cm³/mol. The molecule has 0 radical (unpaired) electrons. The minimum Gasteiger partial charge on any atom is -0.375 e. The zero-order chi connectivity index (χ0) is 11.5. The summed E-state index contributed by atoms with van der Waals surface area (Å²) < 4.78 is 41.8. The Balaban J connectivity index is 2.52. The highest BCUT2D eigenvalue weighted by molar-refractivity contribution is 5.77. The first-order chi connectivity index (χ1) is 6.95. The third kappa shape index (κ3) is 3.37. The number of amides is 1. The minimum absolute atomic E-state index is 0.111. The smallest absolute Gasteiger partial charge is 0.375 e. The molecule has 1 rings (SSSR count). The molecule has 15 heavy (non-hydrogen) atoms. The Hall–Kier alpha value is -0.780. The largest absolute Gasteiger partial charge is 0.393 e. The van der Waals surface area contributed by atoms with Gasteiger partial charge in [0.05, 0.1) is 5.92 Å². The molecule has 0 unspecified atom stereocenters. The van der Waals surface area contributed by atoms with Gasteiger partial charge in [-0.2, -0.15) is 13.2 Å². The average Bonchev–Trinajstić information content (AvgIpc) is 2.17. The Labute approximate surface area is 86.2 Å². The van der Waals surface area contributed by atoms with Crippen LogP contribution in [0.2, 0.25) is 0 Å². The Morgan fingerprint density at radius 2 is 2.20 bits per heavy atom. The summed E-state index contributed by atoms with van der Waals surface area (Å²) >= 11 is 0. The van der Waals surface area contributed by atoms with Crippen molar-refractivity contribution in [1.82, 2.24) is 4.90 Å². The number of alkyl halides is 3. The molecule has 0 aromatic heterocycles. The number of hydrogen-bond donors (Lipinski definition) is 0. The molecule has 1 aliphatic heterocycles. The van der Waals surface area contributed by atoms with Gasteiger partial charge in [0.25, 0.3) is 0 Å². The van der Waals surface area contributed by atoms with E-state index in [-0.39, 0.29) is 25.5 Å². The Kier molecular flexibility index (Phi) is 3.96. The van der Waals surface area contributed by atoms with Crippen molar-refractivity contribution in [3.05, 3.63) is 0 Å². The fourth-order valence-corrected chi connectivity index (χ4v) is 1.69. The number of hydrogen-bond acceptors (Lipinski definition) is 2. The summed E-state index contributed by atoms with van der Waals surface area (Å²) in [4.78, 5) is 12.5. The van der Waals surface area contributed by atoms with Gasteiger partial charge in [-0.3, -0.25) is 4.79 Å². The number of methoxy groups -OCH3 is 1. The summed E-state index contributed by atoms with van der Waals surface area (Å²) in [5, 5.41) is 0. The van der Waals surface area contributed by atoms with Gasteiger partial charge in [0.1, 0.15) is 6.61 Å². The second kappa shape index (κ2) is 4.83. The fraction of sp³-hybridized carbons (Fsp3) is 0.889. The van der Waals surface area contributed by atoms with Gasteiger partial charge in [-0.25, -0.2) is 0 Å². The van der Waals surface area contributed by atoms with E-state index in [0.29, 0.717) is 13.0 Å². The van der Waals surface area contributed by atoms with Crippen LogP contribution < -0.4 is 0 Å². The van der Waals surface area contributed by atoms with Crippen molar-refractivity contribution in [3.8, 4) is 0 Å². The monoisotopic (exact) mass is 225 g/mol. The number of piperidine rings is 1. The summed E-state index contributed by atoms with van der Waals surface area (Å²) in [6.07, 6.45) is -3.69. The van der Waals surface area contributed by atoms with Gasteiger partial charge in [0, 0.05) is 20.2 Å². The summed E-state index contributed by atoms with van der Waals surface area (Å²) in [5.41, 5.74) is 0. The van der Waals surface area contributed by atoms with E-state index in [4.69, 9.17) is 0 Å². The van der Waals surface area contributed by atoms with Crippen LogP contribution >= 0.6 is 0 Å². The van der Waals surface area contributed by atoms with Gasteiger partial charge in [0.2, 0.25) is 5.91 Å². The van der Waals surface area contributed by atoms with E-state index in [1.165, 1.54) is 12.0 Å². The van der Waals surface area contributed by atoms with Crippen LogP contribution in [0.25, 0.3) is 0 Å². The van der Waals surface area contributed by atoms with Gasteiger partial charge in [-0.1, -0.05) is 0 Å². The van der Waals surface area contributed by atoms with Crippen LogP contribution in [0.4, 0.5) is 13.2 Å². The molecule has 0 bridgehead atoms. The molecule has 0 aliphatic carbocycles. The highest BCUT2D eigenvalue weighted by Crippen LogP contribution is 2.32. The van der Waals surface area contributed by atoms with E-state index in [1.54, 1.807) is 0 Å². The SMILES string of the molecule is COCC(=O)N1CCC[C@H](C(F)(F)F)C1. The molecular weight excluding hydrogens is 211 g/mol. The van der Waals surface area contributed by atoms with Gasteiger partial charge in [-0.05, 0) is 12.8 Å². The third-order valence-electron chi connectivity index (χ3n) is 2.50. The summed E-state index contributed by atoms with van der Waals surface area (Å²) in [6.45, 7) is 0.0189. The van der Waals surface area contributed by atoms with Crippen molar-refractivity contribution in [1.29, 1.82) is 0 Å². The molecule has 3 nitrogen and oxygen atoms in total. The van der Waals surface area contributed by atoms with Gasteiger partial charge in [-0.15, -0.1) is 0 Å². The van der Waals surface area contributed by atoms with Crippen molar-refractivity contribution >= 4 is 5.91 Å². The van der Waals surface area contributed by atoms with E-state index in [1.807, 2.05) is 0 Å². The zero-order valence-corrected chi connectivity index (χ0v) is 8.51. The highest BCUT2D eigenvalue weighted by atomic mass is 19.4. The quantitative estimate of drug-likeness (QED) is 0.711. The number of rotatable bonds is 2. The number of likely N-dealkylation sites (tertiary alicyclic amines) is 1. The van der Waals surface area contributed by atoms with Crippen LogP contribution in [0, 0.1) is 5.92 Å². The van der Waals surface area contributed by atoms with E-state index < -0.39 is 12.1 Å². The first-order valence-corrected chi connectivity index (χ1v) is 4.78. The maximum atomic E-state index is 12.4. The Morgan fingerprint density at radius 1 is 1.53 bits per heavy atom. The minimum atomic E-state index is -4.20. The maximum Gasteiger partial charge on any atom is 0.393 e. The lowest BCUT2D eigenvalue weighted by atomic mass is 9.97. The lowest BCUT2D eigenvalue weighted by Gasteiger charge is -2.33. The van der Waals surface area contributed by atoms with Crippen molar-refractivity contribution in [2.75, 3.05) is 26.8 Å². The molecule has 0 N–H and O–H groups in total. The predicted octanol–water partition coefficient (Wildman–Crippen LogP) is 1.43. The van der Waals surface area contributed by atoms with Crippen LogP contribution in [0.15, 0.2) is 0 Å². The molecule has 0 spiro atoms. The van der Waals surface area contributed by atoms with E-state index in [0.717, 1.165) is 0 Å². The van der Waals surface area contributed by atoms with Crippen molar-refractivity contribution < 1.29 is 22.7 Å². The van der Waals surface area contributed by atoms with Gasteiger partial charge < -0.3 is 9.64 Å². The molecule has 1 fully saturated rings. The first kappa shape index (κ1) is 12.3. The van der Waals surface area contributed by atoms with Crippen LogP contribution in [0.1, 0.15) is 12.8 Å². The topological polar surface area (TPSA) is 29.5 Å². The molecule has 1 saturated heterocycles. The maximum absolute atomic E-state index is 12.4. The van der Waals surface area contributed by atoms with E-state index >= 15 is 0 Å². The number of carbonyl (C=O) groups is 1. The summed E-state index contributed by atoms with van der Waals surface area (Å²) in [5.74, 6) is -1.75. The second-order valence-electron chi connectivity index (χ2n) is 3.65. The van der Waals surface area contributed by atoms with Crippen molar-refractivity contribution in [3.63, 3.8) is 0 Å². The molecule has 0 saturated carbocycles. The molecule has 0 aromatic rings. The Morgan fingerprint density at radius 3 is 2.73 bits per heavy atom. The summed E-state index contributed by atoms with van der Waals surface area (Å²) in [7, 11) is 1.35. The lowest BCUT2D eigenvalue weighted by Crippen LogP contribution is -2.45. The molecule has 1 heterocycles. The van der Waals surface area contributed by atoms with Crippen molar-refractivity contribution in [2.45, 2.75) is 19.0 Å². The Bertz CT molecular complexity index is 230. The molecular formula is C9H14F3NO2. The van der Waals surface area contributed by atoms with Crippen LogP contribution in [-0.2, 0) is 9.53 Å². The van der Waals surface area contributed by atoms with Gasteiger partial charge in [0.15, 0.2) is 0 Å². The van der Waals surface area contributed by atoms with Crippen LogP contribution in [-0.4, -0.2) is 43.8 Å². The molecule has 88 valence electrons. The molecule has 0 aromatic carbocycles. The van der Waals surface area contributed by atoms with Gasteiger partial charge >= 0.3 is 6.18 Å². The van der Waals surface area contributed by atoms with Crippen LogP contribution in [0.3, 0.4) is 0 Å². The third-order valence-corrected chi connectivity index (χ3v) is 2.50. The number of halogens is 3. The second-order valence-corrected chi connectivity index (χ2v) is 3.65. The number of nitrogens with zero attached hydrogens (tertiary/aromatic N) is 1. The normalized spacial score (nSPS) is 22.9. The standard InChI is InChI=1S/C9H14F3NO2/c1-15-6-8(14)13-4-2-3-7(5-13)9(10,11)12/h7H,2-6H2,1H3/t7-/m0/s1. The van der Waals surface area contributed by atoms with Crippen LogP contribution in [0.5, 0.6) is 0 Å². The van der Waals surface area contributed by atoms with Crippen molar-refractivity contribution in [2.24, 2.45) is 5.92 Å². The molecule has 1 atom stereocenters. The lowest BCUT2D eigenvalue weighted by molar-refractivity contribution is -0.188. The number of ether oxygens (including phenoxy) is 1. The fourth-order valence-electron chi connectivity index (χ4n) is 1.69.